The van der Waals surface area contributed by atoms with Crippen LogP contribution in [0.4, 0.5) is 17.6 Å². The van der Waals surface area contributed by atoms with E-state index in [1.807, 2.05) is 0 Å². The fourth-order valence-electron chi connectivity index (χ4n) is 5.33. The molecular weight excluding hydrogens is 464 g/mol. The zero-order valence-corrected chi connectivity index (χ0v) is 19.0. The average molecular weight is 488 g/mol. The van der Waals surface area contributed by atoms with E-state index in [2.05, 4.69) is 15.3 Å². The van der Waals surface area contributed by atoms with Gasteiger partial charge in [-0.15, -0.1) is 0 Å². The van der Waals surface area contributed by atoms with E-state index < -0.39 is 28.9 Å². The SMILES string of the molecule is Cc1nc(F)ccc1-c1cn(CCCC2C[C@@H]3C[C@]3(c3ccc(C(F)(F)F)cc3)N2)c(=O)[nH]c1=O. The van der Waals surface area contributed by atoms with Crippen LogP contribution in [0.1, 0.15) is 42.5 Å². The highest BCUT2D eigenvalue weighted by Gasteiger charge is 2.60. The van der Waals surface area contributed by atoms with Crippen molar-refractivity contribution in [2.75, 3.05) is 0 Å². The van der Waals surface area contributed by atoms with Gasteiger partial charge in [0.2, 0.25) is 5.95 Å². The Morgan fingerprint density at radius 1 is 1.11 bits per heavy atom. The quantitative estimate of drug-likeness (QED) is 0.404. The van der Waals surface area contributed by atoms with E-state index in [4.69, 9.17) is 0 Å². The number of aromatic amines is 1. The third-order valence-electron chi connectivity index (χ3n) is 7.17. The normalized spacial score (nSPS) is 23.3. The molecule has 1 aliphatic heterocycles. The molecule has 10 heteroatoms. The highest BCUT2D eigenvalue weighted by atomic mass is 19.4. The smallest absolute Gasteiger partial charge is 0.304 e. The van der Waals surface area contributed by atoms with E-state index in [1.54, 1.807) is 19.1 Å². The molecule has 0 spiro atoms. The Morgan fingerprint density at radius 3 is 2.54 bits per heavy atom. The molecule has 5 rings (SSSR count). The van der Waals surface area contributed by atoms with Gasteiger partial charge < -0.3 is 5.32 Å². The van der Waals surface area contributed by atoms with Crippen LogP contribution in [0.5, 0.6) is 0 Å². The highest BCUT2D eigenvalue weighted by Crippen LogP contribution is 2.59. The predicted molar refractivity (Wildman–Crippen MR) is 121 cm³/mol. The molecule has 2 N–H and O–H groups in total. The van der Waals surface area contributed by atoms with E-state index in [-0.39, 0.29) is 17.1 Å². The molecule has 1 saturated carbocycles. The maximum absolute atomic E-state index is 13.3. The molecule has 35 heavy (non-hydrogen) atoms. The molecular formula is C25H24F4N4O2. The van der Waals surface area contributed by atoms with E-state index in [0.29, 0.717) is 30.1 Å². The Hall–Kier alpha value is -3.27. The van der Waals surface area contributed by atoms with E-state index >= 15 is 0 Å². The van der Waals surface area contributed by atoms with Gasteiger partial charge in [0.25, 0.3) is 5.56 Å². The van der Waals surface area contributed by atoms with Gasteiger partial charge in [0.05, 0.1) is 11.1 Å². The zero-order valence-electron chi connectivity index (χ0n) is 19.0. The zero-order chi connectivity index (χ0) is 25.0. The van der Waals surface area contributed by atoms with Gasteiger partial charge >= 0.3 is 11.9 Å². The summed E-state index contributed by atoms with van der Waals surface area (Å²) in [5.41, 5.74) is -0.0560. The standard InChI is InChI=1S/C25H24F4N4O2/c1-14-19(8-9-21(26)30-14)20-13-33(23(35)31-22(20)34)10-2-3-18-11-17-12-24(17,32-18)15-4-6-16(7-5-15)25(27,28)29/h4-9,13,17-18,32H,2-3,10-12H2,1H3,(H,31,34,35)/t17-,18?,24-/m1/s1. The van der Waals surface area contributed by atoms with Crippen LogP contribution in [0.15, 0.2) is 52.2 Å². The van der Waals surface area contributed by atoms with Gasteiger partial charge in [0, 0.05) is 35.6 Å². The summed E-state index contributed by atoms with van der Waals surface area (Å²) in [6.45, 7) is 1.98. The number of benzene rings is 1. The molecule has 0 radical (unpaired) electrons. The van der Waals surface area contributed by atoms with E-state index in [0.717, 1.165) is 37.0 Å². The van der Waals surface area contributed by atoms with Crippen molar-refractivity contribution in [1.29, 1.82) is 0 Å². The first kappa shape index (κ1) is 23.5. The van der Waals surface area contributed by atoms with Crippen LogP contribution in [0.3, 0.4) is 0 Å². The number of nitrogens with one attached hydrogen (secondary N) is 2. The van der Waals surface area contributed by atoms with Crippen LogP contribution in [0.25, 0.3) is 11.1 Å². The van der Waals surface area contributed by atoms with Gasteiger partial charge in [-0.25, -0.2) is 9.78 Å². The summed E-state index contributed by atoms with van der Waals surface area (Å²) in [5.74, 6) is -0.257. The fourth-order valence-corrected chi connectivity index (χ4v) is 5.33. The number of piperidine rings is 1. The van der Waals surface area contributed by atoms with Gasteiger partial charge in [-0.05, 0) is 68.4 Å². The number of pyridine rings is 1. The molecule has 1 aromatic carbocycles. The molecule has 2 aliphatic rings. The second kappa shape index (κ2) is 8.44. The van der Waals surface area contributed by atoms with Crippen LogP contribution < -0.4 is 16.6 Å². The lowest BCUT2D eigenvalue weighted by Crippen LogP contribution is -2.34. The monoisotopic (exact) mass is 488 g/mol. The van der Waals surface area contributed by atoms with Gasteiger partial charge in [-0.1, -0.05) is 12.1 Å². The van der Waals surface area contributed by atoms with Crippen LogP contribution in [0, 0.1) is 18.8 Å². The number of aryl methyl sites for hydroxylation is 2. The third kappa shape index (κ3) is 4.42. The van der Waals surface area contributed by atoms with E-state index in [1.165, 1.54) is 22.9 Å². The summed E-state index contributed by atoms with van der Waals surface area (Å²) in [4.78, 5) is 30.7. The number of alkyl halides is 3. The predicted octanol–water partition coefficient (Wildman–Crippen LogP) is 4.12. The highest BCUT2D eigenvalue weighted by molar-refractivity contribution is 5.63. The lowest BCUT2D eigenvalue weighted by atomic mass is 10.0. The number of halogens is 4. The van der Waals surface area contributed by atoms with Gasteiger partial charge in [-0.3, -0.25) is 14.3 Å². The average Bonchev–Trinajstić information content (AvgIpc) is 3.36. The molecule has 6 nitrogen and oxygen atoms in total. The Morgan fingerprint density at radius 2 is 1.86 bits per heavy atom. The molecule has 1 unspecified atom stereocenters. The first-order valence-corrected chi connectivity index (χ1v) is 11.5. The largest absolute Gasteiger partial charge is 0.416 e. The topological polar surface area (TPSA) is 79.8 Å². The Labute approximate surface area is 198 Å². The van der Waals surface area contributed by atoms with Crippen molar-refractivity contribution in [3.8, 4) is 11.1 Å². The Bertz CT molecular complexity index is 1380. The molecule has 2 aromatic heterocycles. The Kier molecular flexibility index (Phi) is 5.66. The minimum absolute atomic E-state index is 0.192. The minimum Gasteiger partial charge on any atom is -0.304 e. The van der Waals surface area contributed by atoms with Crippen molar-refractivity contribution >= 4 is 0 Å². The fraction of sp³-hybridized carbons (Fsp3) is 0.400. The second-order valence-corrected chi connectivity index (χ2v) is 9.43. The number of nitrogens with zero attached hydrogens (tertiary/aromatic N) is 2. The van der Waals surface area contributed by atoms with Crippen molar-refractivity contribution in [3.63, 3.8) is 0 Å². The number of aromatic nitrogens is 3. The number of hydrogen-bond acceptors (Lipinski definition) is 4. The van der Waals surface area contributed by atoms with Crippen LogP contribution in [0.2, 0.25) is 0 Å². The second-order valence-electron chi connectivity index (χ2n) is 9.43. The van der Waals surface area contributed by atoms with Crippen molar-refractivity contribution in [3.05, 3.63) is 86.2 Å². The summed E-state index contributed by atoms with van der Waals surface area (Å²) in [6, 6.07) is 8.21. The lowest BCUT2D eigenvalue weighted by molar-refractivity contribution is -0.137. The van der Waals surface area contributed by atoms with Crippen LogP contribution in [-0.4, -0.2) is 20.6 Å². The van der Waals surface area contributed by atoms with Gasteiger partial charge in [-0.2, -0.15) is 17.6 Å². The maximum atomic E-state index is 13.3. The molecule has 3 aromatic rings. The summed E-state index contributed by atoms with van der Waals surface area (Å²) in [5, 5.41) is 3.61. The first-order valence-electron chi connectivity index (χ1n) is 11.5. The minimum atomic E-state index is -4.35. The number of rotatable bonds is 6. The van der Waals surface area contributed by atoms with Crippen LogP contribution >= 0.6 is 0 Å². The van der Waals surface area contributed by atoms with Crippen molar-refractivity contribution in [2.24, 2.45) is 5.92 Å². The van der Waals surface area contributed by atoms with Crippen molar-refractivity contribution in [1.82, 2.24) is 19.9 Å². The summed E-state index contributed by atoms with van der Waals surface area (Å²) < 4.78 is 53.4. The number of hydrogen-bond donors (Lipinski definition) is 2. The number of fused-ring (bicyclic) bond motifs is 1. The van der Waals surface area contributed by atoms with Crippen molar-refractivity contribution in [2.45, 2.75) is 56.9 Å². The van der Waals surface area contributed by atoms with Gasteiger partial charge in [0.15, 0.2) is 0 Å². The molecule has 1 aliphatic carbocycles. The summed E-state index contributed by atoms with van der Waals surface area (Å²) >= 11 is 0. The molecule has 0 amide bonds. The summed E-state index contributed by atoms with van der Waals surface area (Å²) in [6.07, 6.45) is 0.398. The molecule has 3 atom stereocenters. The molecule has 3 heterocycles. The third-order valence-corrected chi connectivity index (χ3v) is 7.17. The van der Waals surface area contributed by atoms with Crippen molar-refractivity contribution < 1.29 is 17.6 Å². The molecule has 1 saturated heterocycles. The molecule has 2 fully saturated rings. The number of H-pyrrole nitrogens is 1. The van der Waals surface area contributed by atoms with Gasteiger partial charge in [0.1, 0.15) is 0 Å². The maximum Gasteiger partial charge on any atom is 0.416 e. The van der Waals surface area contributed by atoms with E-state index in [9.17, 15) is 27.2 Å². The first-order chi connectivity index (χ1) is 16.6. The summed E-state index contributed by atoms with van der Waals surface area (Å²) in [7, 11) is 0. The molecule has 184 valence electrons. The Balaban J connectivity index is 1.24. The van der Waals surface area contributed by atoms with Crippen LogP contribution in [-0.2, 0) is 18.3 Å². The molecule has 0 bridgehead atoms. The lowest BCUT2D eigenvalue weighted by Gasteiger charge is -2.20.